The molecule has 104 valence electrons. The molecule has 0 amide bonds. The third-order valence-corrected chi connectivity index (χ3v) is 3.00. The molecule has 0 aliphatic rings. The van der Waals surface area contributed by atoms with E-state index < -0.39 is 11.6 Å². The van der Waals surface area contributed by atoms with Crippen molar-refractivity contribution in [2.75, 3.05) is 10.6 Å². The summed E-state index contributed by atoms with van der Waals surface area (Å²) in [7, 11) is 0. The van der Waals surface area contributed by atoms with Gasteiger partial charge in [0.2, 0.25) is 0 Å². The number of hydrogen-bond donors (Lipinski definition) is 2. The van der Waals surface area contributed by atoms with Crippen molar-refractivity contribution in [3.05, 3.63) is 58.6 Å². The Labute approximate surface area is 125 Å². The van der Waals surface area contributed by atoms with Gasteiger partial charge in [-0.2, -0.15) is 0 Å². The van der Waals surface area contributed by atoms with Crippen LogP contribution in [0, 0.1) is 18.6 Å². The largest absolute Gasteiger partial charge is 0.332 e. The standard InChI is InChI=1S/C14H11ClF2N2S/c1-8-4-9(15)2-3-13(8)19-14(20)18-12-6-10(16)5-11(17)7-12/h2-7H,1H3,(H2,18,19,20). The van der Waals surface area contributed by atoms with Crippen molar-refractivity contribution < 1.29 is 8.78 Å². The summed E-state index contributed by atoms with van der Waals surface area (Å²) in [6.07, 6.45) is 0. The highest BCUT2D eigenvalue weighted by Crippen LogP contribution is 2.20. The fourth-order valence-electron chi connectivity index (χ4n) is 1.68. The Morgan fingerprint density at radius 2 is 1.70 bits per heavy atom. The Morgan fingerprint density at radius 3 is 2.30 bits per heavy atom. The van der Waals surface area contributed by atoms with Crippen LogP contribution in [0.1, 0.15) is 5.56 Å². The maximum absolute atomic E-state index is 13.1. The van der Waals surface area contributed by atoms with Crippen molar-refractivity contribution in [1.29, 1.82) is 0 Å². The molecule has 0 heterocycles. The monoisotopic (exact) mass is 312 g/mol. The van der Waals surface area contributed by atoms with E-state index in [4.69, 9.17) is 23.8 Å². The summed E-state index contributed by atoms with van der Waals surface area (Å²) in [4.78, 5) is 0. The maximum Gasteiger partial charge on any atom is 0.175 e. The van der Waals surface area contributed by atoms with Crippen molar-refractivity contribution in [3.8, 4) is 0 Å². The van der Waals surface area contributed by atoms with Crippen LogP contribution in [0.5, 0.6) is 0 Å². The molecule has 0 aliphatic carbocycles. The molecule has 6 heteroatoms. The van der Waals surface area contributed by atoms with E-state index in [0.717, 1.165) is 29.4 Å². The van der Waals surface area contributed by atoms with Crippen molar-refractivity contribution in [2.45, 2.75) is 6.92 Å². The lowest BCUT2D eigenvalue weighted by atomic mass is 10.2. The van der Waals surface area contributed by atoms with Gasteiger partial charge in [0.05, 0.1) is 0 Å². The minimum Gasteiger partial charge on any atom is -0.332 e. The molecule has 2 N–H and O–H groups in total. The summed E-state index contributed by atoms with van der Waals surface area (Å²) in [5.74, 6) is -1.34. The van der Waals surface area contributed by atoms with E-state index in [1.54, 1.807) is 18.2 Å². The summed E-state index contributed by atoms with van der Waals surface area (Å²) < 4.78 is 26.1. The molecule has 2 aromatic carbocycles. The van der Waals surface area contributed by atoms with E-state index in [0.29, 0.717) is 5.02 Å². The van der Waals surface area contributed by atoms with E-state index in [1.807, 2.05) is 6.92 Å². The fraction of sp³-hybridized carbons (Fsp3) is 0.0714. The van der Waals surface area contributed by atoms with Crippen LogP contribution in [0.3, 0.4) is 0 Å². The van der Waals surface area contributed by atoms with Crippen LogP contribution in [0.15, 0.2) is 36.4 Å². The second-order valence-corrected chi connectivity index (χ2v) is 5.04. The van der Waals surface area contributed by atoms with E-state index in [2.05, 4.69) is 10.6 Å². The van der Waals surface area contributed by atoms with Crippen LogP contribution in [-0.4, -0.2) is 5.11 Å². The number of thiocarbonyl (C=S) groups is 1. The van der Waals surface area contributed by atoms with E-state index in [-0.39, 0.29) is 10.8 Å². The Hall–Kier alpha value is -1.72. The molecule has 2 nitrogen and oxygen atoms in total. The molecule has 0 saturated carbocycles. The topological polar surface area (TPSA) is 24.1 Å². The molecule has 0 aliphatic heterocycles. The highest BCUT2D eigenvalue weighted by molar-refractivity contribution is 7.80. The van der Waals surface area contributed by atoms with Gasteiger partial charge in [-0.25, -0.2) is 8.78 Å². The van der Waals surface area contributed by atoms with Crippen LogP contribution < -0.4 is 10.6 Å². The van der Waals surface area contributed by atoms with Crippen molar-refractivity contribution in [1.82, 2.24) is 0 Å². The van der Waals surface area contributed by atoms with Gasteiger partial charge in [-0.15, -0.1) is 0 Å². The van der Waals surface area contributed by atoms with E-state index in [9.17, 15) is 8.78 Å². The van der Waals surface area contributed by atoms with Gasteiger partial charge in [0.15, 0.2) is 5.11 Å². The van der Waals surface area contributed by atoms with Crippen molar-refractivity contribution in [3.63, 3.8) is 0 Å². The average molecular weight is 313 g/mol. The first-order valence-corrected chi connectivity index (χ1v) is 6.53. The molecule has 0 unspecified atom stereocenters. The van der Waals surface area contributed by atoms with Gasteiger partial charge in [-0.1, -0.05) is 11.6 Å². The number of hydrogen-bond acceptors (Lipinski definition) is 1. The molecular weight excluding hydrogens is 302 g/mol. The van der Waals surface area contributed by atoms with Gasteiger partial charge < -0.3 is 10.6 Å². The minimum atomic E-state index is -0.669. The van der Waals surface area contributed by atoms with Gasteiger partial charge in [-0.05, 0) is 55.0 Å². The number of aryl methyl sites for hydroxylation is 1. The van der Waals surface area contributed by atoms with Gasteiger partial charge in [0.25, 0.3) is 0 Å². The molecule has 0 atom stereocenters. The summed E-state index contributed by atoms with van der Waals surface area (Å²) in [6, 6.07) is 8.40. The molecule has 0 spiro atoms. The second kappa shape index (κ2) is 6.15. The Kier molecular flexibility index (Phi) is 4.52. The zero-order valence-electron chi connectivity index (χ0n) is 10.5. The Balaban J connectivity index is 2.09. The number of nitrogens with one attached hydrogen (secondary N) is 2. The maximum atomic E-state index is 13.1. The zero-order valence-corrected chi connectivity index (χ0v) is 12.1. The summed E-state index contributed by atoms with van der Waals surface area (Å²) >= 11 is 11.0. The average Bonchev–Trinajstić information content (AvgIpc) is 2.31. The Bertz CT molecular complexity index is 641. The van der Waals surface area contributed by atoms with Gasteiger partial charge in [0.1, 0.15) is 11.6 Å². The highest BCUT2D eigenvalue weighted by Gasteiger charge is 2.05. The SMILES string of the molecule is Cc1cc(Cl)ccc1NC(=S)Nc1cc(F)cc(F)c1. The summed E-state index contributed by atoms with van der Waals surface area (Å²) in [6.45, 7) is 1.87. The normalized spacial score (nSPS) is 10.2. The van der Waals surface area contributed by atoms with Crippen LogP contribution in [0.4, 0.5) is 20.2 Å². The summed E-state index contributed by atoms with van der Waals surface area (Å²) in [5, 5.41) is 6.52. The number of halogens is 3. The summed E-state index contributed by atoms with van der Waals surface area (Å²) in [5.41, 5.74) is 1.92. The van der Waals surface area contributed by atoms with E-state index >= 15 is 0 Å². The van der Waals surface area contributed by atoms with Gasteiger partial charge in [-0.3, -0.25) is 0 Å². The fourth-order valence-corrected chi connectivity index (χ4v) is 2.13. The lowest BCUT2D eigenvalue weighted by Gasteiger charge is -2.13. The first kappa shape index (κ1) is 14.7. The Morgan fingerprint density at radius 1 is 1.05 bits per heavy atom. The lowest BCUT2D eigenvalue weighted by molar-refractivity contribution is 0.584. The lowest BCUT2D eigenvalue weighted by Crippen LogP contribution is -2.19. The number of anilines is 2. The van der Waals surface area contributed by atoms with Crippen LogP contribution in [0.2, 0.25) is 5.02 Å². The van der Waals surface area contributed by atoms with E-state index in [1.165, 1.54) is 0 Å². The predicted octanol–water partition coefficient (Wildman–Crippen LogP) is 4.74. The number of rotatable bonds is 2. The molecule has 0 bridgehead atoms. The van der Waals surface area contributed by atoms with Crippen LogP contribution in [0.25, 0.3) is 0 Å². The molecule has 0 aromatic heterocycles. The molecule has 2 rings (SSSR count). The first-order chi connectivity index (χ1) is 9.44. The van der Waals surface area contributed by atoms with Gasteiger partial charge in [0, 0.05) is 22.5 Å². The number of benzene rings is 2. The highest BCUT2D eigenvalue weighted by atomic mass is 35.5. The molecule has 20 heavy (non-hydrogen) atoms. The smallest absolute Gasteiger partial charge is 0.175 e. The minimum absolute atomic E-state index is 0.237. The third kappa shape index (κ3) is 3.88. The van der Waals surface area contributed by atoms with Gasteiger partial charge >= 0.3 is 0 Å². The van der Waals surface area contributed by atoms with Crippen LogP contribution >= 0.6 is 23.8 Å². The first-order valence-electron chi connectivity index (χ1n) is 5.74. The molecule has 2 aromatic rings. The predicted molar refractivity (Wildman–Crippen MR) is 82.4 cm³/mol. The molecular formula is C14H11ClF2N2S. The quantitative estimate of drug-likeness (QED) is 0.784. The second-order valence-electron chi connectivity index (χ2n) is 4.20. The van der Waals surface area contributed by atoms with Crippen LogP contribution in [-0.2, 0) is 0 Å². The van der Waals surface area contributed by atoms with Crippen molar-refractivity contribution >= 4 is 40.3 Å². The third-order valence-electron chi connectivity index (χ3n) is 2.56. The zero-order chi connectivity index (χ0) is 14.7. The van der Waals surface area contributed by atoms with Crippen molar-refractivity contribution in [2.24, 2.45) is 0 Å². The molecule has 0 saturated heterocycles. The molecule has 0 radical (unpaired) electrons. The molecule has 0 fully saturated rings.